The lowest BCUT2D eigenvalue weighted by atomic mass is 10.00. The van der Waals surface area contributed by atoms with Crippen LogP contribution >= 0.6 is 0 Å². The number of benzene rings is 2. The van der Waals surface area contributed by atoms with E-state index in [0.717, 1.165) is 21.4 Å². The second kappa shape index (κ2) is 7.00. The van der Waals surface area contributed by atoms with Crippen LogP contribution in [0.4, 0.5) is 0 Å². The monoisotopic (exact) mass is 351 g/mol. The van der Waals surface area contributed by atoms with Crippen LogP contribution in [0.3, 0.4) is 0 Å². The fraction of sp³-hybridized carbons (Fsp3) is 0.250. The summed E-state index contributed by atoms with van der Waals surface area (Å²) in [4.78, 5) is 37.0. The van der Waals surface area contributed by atoms with Crippen LogP contribution in [0, 0.1) is 13.8 Å². The molecule has 1 atom stereocenters. The predicted molar refractivity (Wildman–Crippen MR) is 101 cm³/mol. The zero-order valence-electron chi connectivity index (χ0n) is 15.0. The number of aromatic nitrogens is 2. The van der Waals surface area contributed by atoms with Gasteiger partial charge >= 0.3 is 0 Å². The summed E-state index contributed by atoms with van der Waals surface area (Å²) in [6, 6.07) is 12.4. The minimum absolute atomic E-state index is 0.203. The topological polar surface area (TPSA) is 84.0 Å². The summed E-state index contributed by atoms with van der Waals surface area (Å²) in [6.45, 7) is 5.64. The number of rotatable bonds is 4. The number of hydrogen-bond acceptors (Lipinski definition) is 3. The smallest absolute Gasteiger partial charge is 0.273 e. The van der Waals surface area contributed by atoms with Crippen molar-refractivity contribution in [3.63, 3.8) is 0 Å². The van der Waals surface area contributed by atoms with Crippen molar-refractivity contribution >= 4 is 16.7 Å². The third-order valence-corrected chi connectivity index (χ3v) is 4.46. The molecule has 1 amide bonds. The molecular weight excluding hydrogens is 330 g/mol. The lowest BCUT2D eigenvalue weighted by molar-refractivity contribution is -0.122. The van der Waals surface area contributed by atoms with Crippen molar-refractivity contribution in [1.82, 2.24) is 15.1 Å². The van der Waals surface area contributed by atoms with Gasteiger partial charge in [0.2, 0.25) is 5.91 Å². The SMILES string of the molecule is Cc1ccc(C)c(C(C)NC(=O)Cn2[nH]c(=O)c3ccccc3c2=O)c1. The summed E-state index contributed by atoms with van der Waals surface area (Å²) in [5, 5.41) is 5.97. The van der Waals surface area contributed by atoms with Gasteiger partial charge in [0, 0.05) is 0 Å². The van der Waals surface area contributed by atoms with E-state index in [1.54, 1.807) is 24.3 Å². The Morgan fingerprint density at radius 3 is 2.54 bits per heavy atom. The fourth-order valence-corrected chi connectivity index (χ4v) is 3.09. The molecule has 3 aromatic rings. The van der Waals surface area contributed by atoms with E-state index in [1.165, 1.54) is 0 Å². The average molecular weight is 351 g/mol. The normalized spacial score (nSPS) is 12.1. The molecule has 0 aliphatic carbocycles. The Bertz CT molecular complexity index is 1100. The first-order valence-electron chi connectivity index (χ1n) is 8.45. The second-order valence-electron chi connectivity index (χ2n) is 6.53. The number of carbonyl (C=O) groups excluding carboxylic acids is 1. The van der Waals surface area contributed by atoms with E-state index < -0.39 is 11.1 Å². The van der Waals surface area contributed by atoms with Crippen LogP contribution in [-0.4, -0.2) is 15.7 Å². The Morgan fingerprint density at radius 1 is 1.12 bits per heavy atom. The van der Waals surface area contributed by atoms with E-state index in [4.69, 9.17) is 0 Å². The van der Waals surface area contributed by atoms with E-state index in [2.05, 4.69) is 10.4 Å². The maximum atomic E-state index is 12.5. The number of nitrogens with one attached hydrogen (secondary N) is 2. The first-order valence-corrected chi connectivity index (χ1v) is 8.45. The van der Waals surface area contributed by atoms with Gasteiger partial charge in [-0.05, 0) is 44.0 Å². The fourth-order valence-electron chi connectivity index (χ4n) is 3.09. The molecule has 0 aliphatic heterocycles. The molecule has 0 saturated heterocycles. The maximum Gasteiger partial charge on any atom is 0.273 e. The molecule has 134 valence electrons. The highest BCUT2D eigenvalue weighted by Crippen LogP contribution is 2.18. The molecule has 0 fully saturated rings. The van der Waals surface area contributed by atoms with Gasteiger partial charge in [-0.1, -0.05) is 35.9 Å². The van der Waals surface area contributed by atoms with Crippen molar-refractivity contribution in [2.45, 2.75) is 33.4 Å². The first-order chi connectivity index (χ1) is 12.4. The first kappa shape index (κ1) is 17.7. The minimum atomic E-state index is -0.394. The Hall–Kier alpha value is -3.15. The van der Waals surface area contributed by atoms with Gasteiger partial charge in [0.15, 0.2) is 0 Å². The molecule has 0 aliphatic rings. The number of H-pyrrole nitrogens is 1. The molecule has 26 heavy (non-hydrogen) atoms. The highest BCUT2D eigenvalue weighted by Gasteiger charge is 2.14. The van der Waals surface area contributed by atoms with E-state index in [1.807, 2.05) is 39.0 Å². The molecule has 6 nitrogen and oxygen atoms in total. The molecular formula is C20H21N3O3. The zero-order chi connectivity index (χ0) is 18.8. The van der Waals surface area contributed by atoms with Crippen LogP contribution in [0.5, 0.6) is 0 Å². The Morgan fingerprint density at radius 2 is 1.81 bits per heavy atom. The standard InChI is InChI=1S/C20H21N3O3/c1-12-8-9-13(2)17(10-12)14(3)21-18(24)11-23-20(26)16-7-5-4-6-15(16)19(25)22-23/h4-10,14H,11H2,1-3H3,(H,21,24)(H,22,25). The van der Waals surface area contributed by atoms with Crippen molar-refractivity contribution in [2.75, 3.05) is 0 Å². The maximum absolute atomic E-state index is 12.5. The molecule has 1 aromatic heterocycles. The molecule has 0 spiro atoms. The summed E-state index contributed by atoms with van der Waals surface area (Å²) in [7, 11) is 0. The summed E-state index contributed by atoms with van der Waals surface area (Å²) in [5.41, 5.74) is 2.43. The summed E-state index contributed by atoms with van der Waals surface area (Å²) in [6.07, 6.45) is 0. The van der Waals surface area contributed by atoms with Crippen LogP contribution in [0.2, 0.25) is 0 Å². The molecule has 6 heteroatoms. The van der Waals surface area contributed by atoms with Crippen molar-refractivity contribution in [3.05, 3.63) is 79.9 Å². The zero-order valence-corrected chi connectivity index (χ0v) is 15.0. The molecule has 2 aromatic carbocycles. The summed E-state index contributed by atoms with van der Waals surface area (Å²) < 4.78 is 1.05. The van der Waals surface area contributed by atoms with Crippen LogP contribution < -0.4 is 16.4 Å². The van der Waals surface area contributed by atoms with Crippen molar-refractivity contribution in [3.8, 4) is 0 Å². The van der Waals surface area contributed by atoms with Gasteiger partial charge in [-0.15, -0.1) is 0 Å². The van der Waals surface area contributed by atoms with Crippen LogP contribution in [0.25, 0.3) is 10.8 Å². The van der Waals surface area contributed by atoms with Crippen molar-refractivity contribution in [1.29, 1.82) is 0 Å². The minimum Gasteiger partial charge on any atom is -0.348 e. The molecule has 0 saturated carbocycles. The number of aryl methyl sites for hydroxylation is 2. The largest absolute Gasteiger partial charge is 0.348 e. The van der Waals surface area contributed by atoms with E-state index in [0.29, 0.717) is 10.8 Å². The van der Waals surface area contributed by atoms with Gasteiger partial charge in [0.05, 0.1) is 16.8 Å². The van der Waals surface area contributed by atoms with Crippen LogP contribution in [0.1, 0.15) is 29.7 Å². The van der Waals surface area contributed by atoms with Gasteiger partial charge < -0.3 is 5.32 Å². The predicted octanol–water partition coefficient (Wildman–Crippen LogP) is 2.18. The average Bonchev–Trinajstić information content (AvgIpc) is 2.61. The lowest BCUT2D eigenvalue weighted by Gasteiger charge is -2.17. The number of amides is 1. The number of nitrogens with zero attached hydrogens (tertiary/aromatic N) is 1. The number of carbonyl (C=O) groups is 1. The third kappa shape index (κ3) is 3.44. The Balaban J connectivity index is 1.83. The van der Waals surface area contributed by atoms with Gasteiger partial charge in [-0.3, -0.25) is 19.5 Å². The lowest BCUT2D eigenvalue weighted by Crippen LogP contribution is -2.37. The molecule has 0 bridgehead atoms. The highest BCUT2D eigenvalue weighted by molar-refractivity contribution is 5.81. The Kier molecular flexibility index (Phi) is 4.75. The third-order valence-electron chi connectivity index (χ3n) is 4.46. The van der Waals surface area contributed by atoms with Gasteiger partial charge in [-0.25, -0.2) is 4.68 Å². The van der Waals surface area contributed by atoms with Gasteiger partial charge in [0.25, 0.3) is 11.1 Å². The molecule has 1 unspecified atom stereocenters. The van der Waals surface area contributed by atoms with Gasteiger partial charge in [-0.2, -0.15) is 0 Å². The number of hydrogen-bond donors (Lipinski definition) is 2. The molecule has 1 heterocycles. The van der Waals surface area contributed by atoms with Crippen LogP contribution in [-0.2, 0) is 11.3 Å². The molecule has 2 N–H and O–H groups in total. The highest BCUT2D eigenvalue weighted by atomic mass is 16.2. The van der Waals surface area contributed by atoms with Crippen molar-refractivity contribution in [2.24, 2.45) is 0 Å². The molecule has 0 radical (unpaired) electrons. The van der Waals surface area contributed by atoms with Crippen molar-refractivity contribution < 1.29 is 4.79 Å². The summed E-state index contributed by atoms with van der Waals surface area (Å²) in [5.74, 6) is -0.341. The quantitative estimate of drug-likeness (QED) is 0.756. The van der Waals surface area contributed by atoms with E-state index in [9.17, 15) is 14.4 Å². The summed E-state index contributed by atoms with van der Waals surface area (Å²) >= 11 is 0. The van der Waals surface area contributed by atoms with Crippen LogP contribution in [0.15, 0.2) is 52.1 Å². The number of fused-ring (bicyclic) bond motifs is 1. The molecule has 3 rings (SSSR count). The second-order valence-corrected chi connectivity index (χ2v) is 6.53. The van der Waals surface area contributed by atoms with E-state index >= 15 is 0 Å². The Labute approximate surface area is 150 Å². The number of aromatic amines is 1. The van der Waals surface area contributed by atoms with Gasteiger partial charge in [0.1, 0.15) is 6.54 Å². The van der Waals surface area contributed by atoms with E-state index in [-0.39, 0.29) is 18.5 Å².